The molecule has 2 atom stereocenters. The van der Waals surface area contributed by atoms with Gasteiger partial charge >= 0.3 is 0 Å². The molecular formula is C34H33N2O6S4+. The molecule has 4 aromatic carbocycles. The highest BCUT2D eigenvalue weighted by Gasteiger charge is 2.32. The van der Waals surface area contributed by atoms with Crippen molar-refractivity contribution in [2.75, 3.05) is 11.4 Å². The minimum Gasteiger partial charge on any atom is -0.335 e. The highest BCUT2D eigenvalue weighted by Crippen LogP contribution is 2.48. The van der Waals surface area contributed by atoms with Crippen LogP contribution in [-0.4, -0.2) is 43.0 Å². The number of fused-ring (bicyclic) bond motifs is 2. The van der Waals surface area contributed by atoms with Gasteiger partial charge in [0.05, 0.1) is 22.0 Å². The first-order chi connectivity index (χ1) is 21.9. The Morgan fingerprint density at radius 1 is 0.761 bits per heavy atom. The number of nitrogens with zero attached hydrogens (tertiary/aromatic N) is 2. The lowest BCUT2D eigenvalue weighted by molar-refractivity contribution is -0.667. The highest BCUT2D eigenvalue weighted by atomic mass is 32.2. The van der Waals surface area contributed by atoms with Gasteiger partial charge in [-0.05, 0) is 60.7 Å². The van der Waals surface area contributed by atoms with Crippen molar-refractivity contribution in [3.63, 3.8) is 0 Å². The Labute approximate surface area is 277 Å². The number of hydrogen-bond acceptors (Lipinski definition) is 7. The van der Waals surface area contributed by atoms with Gasteiger partial charge in [0.2, 0.25) is 5.52 Å². The number of thioether (sulfide) groups is 1. The molecule has 0 radical (unpaired) electrons. The molecule has 5 aromatic rings. The van der Waals surface area contributed by atoms with E-state index in [1.807, 2.05) is 95.6 Å². The smallest absolute Gasteiger partial charge is 0.273 e. The van der Waals surface area contributed by atoms with Gasteiger partial charge in [-0.3, -0.25) is 9.11 Å². The third kappa shape index (κ3) is 6.92. The fraction of sp³-hybridized carbons (Fsp3) is 0.206. The van der Waals surface area contributed by atoms with Crippen LogP contribution < -0.4 is 9.47 Å². The highest BCUT2D eigenvalue weighted by molar-refractivity contribution is 8.04. The maximum absolute atomic E-state index is 12.2. The molecule has 6 rings (SSSR count). The van der Waals surface area contributed by atoms with Gasteiger partial charge in [0.1, 0.15) is 9.95 Å². The van der Waals surface area contributed by atoms with E-state index in [-0.39, 0.29) is 13.0 Å². The molecule has 0 bridgehead atoms. The topological polar surface area (TPSA) is 116 Å². The second kappa shape index (κ2) is 12.9. The number of aromatic nitrogens is 1. The van der Waals surface area contributed by atoms with Crippen LogP contribution in [-0.2, 0) is 26.8 Å². The predicted molar refractivity (Wildman–Crippen MR) is 187 cm³/mol. The average Bonchev–Trinajstić information content (AvgIpc) is 3.55. The van der Waals surface area contributed by atoms with Crippen LogP contribution in [0.5, 0.6) is 0 Å². The van der Waals surface area contributed by atoms with Crippen LogP contribution in [0, 0.1) is 0 Å². The molecule has 0 fully saturated rings. The number of benzene rings is 4. The van der Waals surface area contributed by atoms with Gasteiger partial charge in [-0.1, -0.05) is 95.9 Å². The van der Waals surface area contributed by atoms with Gasteiger partial charge < -0.3 is 4.90 Å². The molecule has 0 saturated carbocycles. The summed E-state index contributed by atoms with van der Waals surface area (Å²) in [7, 11) is -8.52. The zero-order chi connectivity index (χ0) is 32.6. The SMILES string of the molecule is CC(CCN1C(=Cc2sc3ccc(-c4ccccc4)cc3[n+]2CC(C)S(=O)(=O)O)Sc2ccc(-c3ccccc3)cc21)S(=O)(=O)O. The summed E-state index contributed by atoms with van der Waals surface area (Å²) >= 11 is 3.06. The van der Waals surface area contributed by atoms with Gasteiger partial charge in [-0.15, -0.1) is 0 Å². The lowest BCUT2D eigenvalue weighted by atomic mass is 10.0. The second-order valence-electron chi connectivity index (χ2n) is 11.3. The molecule has 0 amide bonds. The molecule has 0 saturated heterocycles. The fourth-order valence-electron chi connectivity index (χ4n) is 5.37. The van der Waals surface area contributed by atoms with Crippen LogP contribution in [0.2, 0.25) is 0 Å². The van der Waals surface area contributed by atoms with Gasteiger partial charge in [0.15, 0.2) is 6.54 Å². The number of hydrogen-bond donors (Lipinski definition) is 2. The summed E-state index contributed by atoms with van der Waals surface area (Å²) in [6.45, 7) is 3.34. The molecule has 2 unspecified atom stereocenters. The van der Waals surface area contributed by atoms with Crippen LogP contribution >= 0.6 is 23.1 Å². The van der Waals surface area contributed by atoms with E-state index in [9.17, 15) is 25.9 Å². The zero-order valence-electron chi connectivity index (χ0n) is 25.1. The maximum Gasteiger partial charge on any atom is 0.273 e. The van der Waals surface area contributed by atoms with E-state index >= 15 is 0 Å². The Morgan fingerprint density at radius 2 is 1.35 bits per heavy atom. The second-order valence-corrected chi connectivity index (χ2v) is 17.1. The van der Waals surface area contributed by atoms with Crippen LogP contribution in [0.1, 0.15) is 25.3 Å². The third-order valence-electron chi connectivity index (χ3n) is 8.14. The Kier molecular flexibility index (Phi) is 9.12. The van der Waals surface area contributed by atoms with Crippen LogP contribution in [0.15, 0.2) is 107 Å². The van der Waals surface area contributed by atoms with E-state index in [4.69, 9.17) is 0 Å². The largest absolute Gasteiger partial charge is 0.335 e. The molecule has 238 valence electrons. The monoisotopic (exact) mass is 693 g/mol. The summed E-state index contributed by atoms with van der Waals surface area (Å²) in [6, 6.07) is 32.2. The standard InChI is InChI=1S/C34H32N2O6S4/c1-23(45(37,38)39)17-18-35-29-19-27(25-9-5-3-6-10-25)13-15-31(29)43-33(35)21-34-36(22-24(2)46(40,41)42)30-20-28(14-16-32(30)44-34)26-11-7-4-8-12-26/h3-16,19-21,23-24H,17-18,22H2,1-2H3,(H-,37,38,39,40,41,42)/p+1. The molecule has 46 heavy (non-hydrogen) atoms. The lowest BCUT2D eigenvalue weighted by Gasteiger charge is -2.22. The normalized spacial score (nSPS) is 15.7. The van der Waals surface area contributed by atoms with Gasteiger partial charge in [0, 0.05) is 17.5 Å². The van der Waals surface area contributed by atoms with Crippen molar-refractivity contribution >= 4 is 65.3 Å². The molecule has 0 spiro atoms. The average molecular weight is 694 g/mol. The van der Waals surface area contributed by atoms with Crippen LogP contribution in [0.3, 0.4) is 0 Å². The first kappa shape index (κ1) is 32.4. The van der Waals surface area contributed by atoms with Crippen LogP contribution in [0.4, 0.5) is 5.69 Å². The third-order valence-corrected chi connectivity index (χ3v) is 12.8. The number of rotatable bonds is 10. The Bertz CT molecular complexity index is 2150. The first-order valence-electron chi connectivity index (χ1n) is 14.7. The summed E-state index contributed by atoms with van der Waals surface area (Å²) in [5.41, 5.74) is 5.84. The minimum absolute atomic E-state index is 0.0335. The van der Waals surface area contributed by atoms with Crippen molar-refractivity contribution in [2.24, 2.45) is 0 Å². The summed E-state index contributed by atoms with van der Waals surface area (Å²) in [6.07, 6.45) is 2.19. The van der Waals surface area contributed by atoms with Crippen molar-refractivity contribution in [3.05, 3.63) is 107 Å². The van der Waals surface area contributed by atoms with E-state index in [1.54, 1.807) is 11.8 Å². The van der Waals surface area contributed by atoms with E-state index < -0.39 is 30.7 Å². The molecule has 12 heteroatoms. The summed E-state index contributed by atoms with van der Waals surface area (Å²) in [5.74, 6) is 0. The molecule has 1 aliphatic heterocycles. The van der Waals surface area contributed by atoms with E-state index in [2.05, 4.69) is 17.0 Å². The number of anilines is 1. The lowest BCUT2D eigenvalue weighted by Crippen LogP contribution is -2.42. The van der Waals surface area contributed by atoms with Crippen molar-refractivity contribution in [1.82, 2.24) is 0 Å². The maximum atomic E-state index is 12.2. The molecule has 1 aromatic heterocycles. The quantitative estimate of drug-likeness (QED) is 0.115. The molecule has 2 N–H and O–H groups in total. The summed E-state index contributed by atoms with van der Waals surface area (Å²) in [4.78, 5) is 3.06. The zero-order valence-corrected chi connectivity index (χ0v) is 28.4. The van der Waals surface area contributed by atoms with Crippen molar-refractivity contribution in [1.29, 1.82) is 0 Å². The fourth-order valence-corrected chi connectivity index (χ4v) is 8.38. The summed E-state index contributed by atoms with van der Waals surface area (Å²) in [5, 5.41) is -0.393. The molecule has 0 aliphatic carbocycles. The summed E-state index contributed by atoms with van der Waals surface area (Å²) < 4.78 is 70.6. The number of thiazole rings is 1. The predicted octanol–water partition coefficient (Wildman–Crippen LogP) is 7.38. The van der Waals surface area contributed by atoms with Crippen molar-refractivity contribution < 1.29 is 30.5 Å². The van der Waals surface area contributed by atoms with Crippen molar-refractivity contribution in [2.45, 2.75) is 42.2 Å². The molecular weight excluding hydrogens is 661 g/mol. The Hall–Kier alpha value is -3.52. The van der Waals surface area contributed by atoms with Gasteiger partial charge in [-0.2, -0.15) is 21.4 Å². The van der Waals surface area contributed by atoms with E-state index in [0.29, 0.717) is 6.54 Å². The first-order valence-corrected chi connectivity index (χ1v) is 19.3. The molecule has 2 heterocycles. The molecule has 1 aliphatic rings. The molecule has 8 nitrogen and oxygen atoms in total. The minimum atomic E-state index is -4.30. The van der Waals surface area contributed by atoms with E-state index in [0.717, 1.165) is 53.1 Å². The van der Waals surface area contributed by atoms with Gasteiger partial charge in [-0.25, -0.2) is 0 Å². The van der Waals surface area contributed by atoms with Gasteiger partial charge in [0.25, 0.3) is 25.2 Å². The van der Waals surface area contributed by atoms with Crippen molar-refractivity contribution in [3.8, 4) is 22.3 Å². The Balaban J connectivity index is 1.47. The van der Waals surface area contributed by atoms with E-state index in [1.165, 1.54) is 25.2 Å². The van der Waals surface area contributed by atoms with Crippen LogP contribution in [0.25, 0.3) is 38.5 Å². The Morgan fingerprint density at radius 3 is 1.96 bits per heavy atom.